The van der Waals surface area contributed by atoms with Crippen LogP contribution in [0.15, 0.2) is 6.20 Å². The number of halogens is 1. The molecule has 42 valence electrons. The van der Waals surface area contributed by atoms with Crippen molar-refractivity contribution >= 4 is 11.6 Å². The Morgan fingerprint density at radius 2 is 2.62 bits per heavy atom. The minimum absolute atomic E-state index is 0.417. The lowest BCUT2D eigenvalue weighted by Gasteiger charge is -2.22. The molecule has 3 nitrogen and oxygen atoms in total. The molecule has 0 saturated carbocycles. The maximum absolute atomic E-state index is 5.84. The van der Waals surface area contributed by atoms with Crippen molar-refractivity contribution in [2.45, 2.75) is 11.9 Å². The molecule has 1 unspecified atom stereocenters. The van der Waals surface area contributed by atoms with E-state index in [1.807, 2.05) is 13.1 Å². The van der Waals surface area contributed by atoms with Crippen LogP contribution in [-0.4, -0.2) is 15.0 Å². The molecule has 0 N–H and O–H groups in total. The van der Waals surface area contributed by atoms with Gasteiger partial charge in [-0.25, -0.2) is 4.68 Å². The molecule has 0 aromatic carbocycles. The summed E-state index contributed by atoms with van der Waals surface area (Å²) in [6.07, 6.45) is 1.81. The first-order valence-electron chi connectivity index (χ1n) is 2.33. The van der Waals surface area contributed by atoms with Gasteiger partial charge in [0.2, 0.25) is 0 Å². The fourth-order valence-electron chi connectivity index (χ4n) is 0.729. The Kier molecular flexibility index (Phi) is 0.492. The van der Waals surface area contributed by atoms with Crippen molar-refractivity contribution in [3.63, 3.8) is 0 Å². The van der Waals surface area contributed by atoms with Crippen molar-refractivity contribution < 1.29 is 0 Å². The molecule has 1 aromatic heterocycles. The van der Waals surface area contributed by atoms with Crippen LogP contribution in [0.3, 0.4) is 0 Å². The monoisotopic (exact) mass is 129 g/mol. The number of rotatable bonds is 0. The number of nitrogens with zero attached hydrogens (tertiary/aromatic N) is 3. The molecule has 2 aliphatic heterocycles. The van der Waals surface area contributed by atoms with Crippen LogP contribution >= 0.6 is 11.6 Å². The van der Waals surface area contributed by atoms with Gasteiger partial charge in [0.15, 0.2) is 5.00 Å². The van der Waals surface area contributed by atoms with Gasteiger partial charge >= 0.3 is 0 Å². The molecule has 0 saturated heterocycles. The summed E-state index contributed by atoms with van der Waals surface area (Å²) in [6.45, 7) is 1.86. The lowest BCUT2D eigenvalue weighted by Crippen LogP contribution is -2.29. The van der Waals surface area contributed by atoms with Crippen molar-refractivity contribution in [3.05, 3.63) is 11.9 Å². The zero-order valence-electron chi connectivity index (χ0n) is 4.30. The van der Waals surface area contributed by atoms with Gasteiger partial charge in [0, 0.05) is 0 Å². The van der Waals surface area contributed by atoms with Crippen LogP contribution in [0.25, 0.3) is 0 Å². The molecule has 3 rings (SSSR count). The first-order valence-corrected chi connectivity index (χ1v) is 2.71. The third kappa shape index (κ3) is 0.255. The molecule has 0 fully saturated rings. The minimum Gasteiger partial charge on any atom is -0.225 e. The fourth-order valence-corrected chi connectivity index (χ4v) is 0.899. The van der Waals surface area contributed by atoms with Crippen LogP contribution in [0.5, 0.6) is 0 Å². The normalized spacial score (nSPS) is 32.2. The second-order valence-electron chi connectivity index (χ2n) is 2.00. The van der Waals surface area contributed by atoms with Crippen LogP contribution in [-0.2, 0) is 5.00 Å². The summed E-state index contributed by atoms with van der Waals surface area (Å²) in [7, 11) is 0. The van der Waals surface area contributed by atoms with Gasteiger partial charge in [-0.05, 0) is 6.92 Å². The Morgan fingerprint density at radius 3 is 2.75 bits per heavy atom. The maximum atomic E-state index is 5.84. The highest BCUT2D eigenvalue weighted by Gasteiger charge is 2.39. The average molecular weight is 130 g/mol. The predicted octanol–water partition coefficient (Wildman–Crippen LogP) is 0.551. The van der Waals surface area contributed by atoms with E-state index in [9.17, 15) is 0 Å². The summed E-state index contributed by atoms with van der Waals surface area (Å²) in [5.74, 6) is 0. The standard InChI is InChI=1S/C4H4ClN3/c1-4(5)3-2-8(4)7-6-3/h2H,1H3. The molecule has 1 atom stereocenters. The minimum atomic E-state index is -0.417. The highest BCUT2D eigenvalue weighted by atomic mass is 35.5. The molecule has 2 aliphatic rings. The molecule has 3 heterocycles. The van der Waals surface area contributed by atoms with Crippen molar-refractivity contribution in [2.24, 2.45) is 0 Å². The summed E-state index contributed by atoms with van der Waals surface area (Å²) in [4.78, 5) is -0.417. The van der Waals surface area contributed by atoms with E-state index < -0.39 is 5.00 Å². The quantitative estimate of drug-likeness (QED) is 0.479. The van der Waals surface area contributed by atoms with E-state index in [2.05, 4.69) is 10.3 Å². The summed E-state index contributed by atoms with van der Waals surface area (Å²) in [5.41, 5.74) is 0.860. The largest absolute Gasteiger partial charge is 0.225 e. The van der Waals surface area contributed by atoms with Crippen LogP contribution < -0.4 is 0 Å². The second-order valence-corrected chi connectivity index (χ2v) is 2.74. The third-order valence-electron chi connectivity index (χ3n) is 1.39. The van der Waals surface area contributed by atoms with Crippen LogP contribution in [0.1, 0.15) is 12.6 Å². The van der Waals surface area contributed by atoms with Crippen molar-refractivity contribution in [1.29, 1.82) is 0 Å². The van der Waals surface area contributed by atoms with Gasteiger partial charge in [0.1, 0.15) is 5.69 Å². The highest BCUT2D eigenvalue weighted by Crippen LogP contribution is 2.35. The number of alkyl halides is 1. The van der Waals surface area contributed by atoms with Crippen LogP contribution in [0, 0.1) is 0 Å². The van der Waals surface area contributed by atoms with Crippen LogP contribution in [0.4, 0.5) is 0 Å². The van der Waals surface area contributed by atoms with Crippen LogP contribution in [0.2, 0.25) is 0 Å². The van der Waals surface area contributed by atoms with Crippen molar-refractivity contribution in [2.75, 3.05) is 0 Å². The Labute approximate surface area is 51.3 Å². The lowest BCUT2D eigenvalue weighted by molar-refractivity contribution is 0.472. The molecule has 0 radical (unpaired) electrons. The SMILES string of the molecule is CC1(Cl)c2cn1nn2. The van der Waals surface area contributed by atoms with Gasteiger partial charge in [0.25, 0.3) is 0 Å². The summed E-state index contributed by atoms with van der Waals surface area (Å²) < 4.78 is 1.63. The molecule has 0 aliphatic carbocycles. The summed E-state index contributed by atoms with van der Waals surface area (Å²) in [5, 5.41) is 7.44. The predicted molar refractivity (Wildman–Crippen MR) is 28.6 cm³/mol. The second kappa shape index (κ2) is 0.910. The smallest absolute Gasteiger partial charge is 0.179 e. The zero-order chi connectivity index (χ0) is 5.78. The van der Waals surface area contributed by atoms with E-state index in [0.29, 0.717) is 0 Å². The Balaban J connectivity index is 2.66. The fraction of sp³-hybridized carbons (Fsp3) is 0.500. The van der Waals surface area contributed by atoms with Gasteiger partial charge in [-0.2, -0.15) is 0 Å². The average Bonchev–Trinajstić information content (AvgIpc) is 2.18. The lowest BCUT2D eigenvalue weighted by atomic mass is 10.2. The van der Waals surface area contributed by atoms with Gasteiger partial charge in [-0.15, -0.1) is 5.10 Å². The molecule has 0 amide bonds. The number of hydrogen-bond acceptors (Lipinski definition) is 2. The van der Waals surface area contributed by atoms with Crippen molar-refractivity contribution in [3.8, 4) is 0 Å². The first-order chi connectivity index (χ1) is 3.71. The van der Waals surface area contributed by atoms with E-state index in [-0.39, 0.29) is 0 Å². The Morgan fingerprint density at radius 1 is 1.88 bits per heavy atom. The zero-order valence-corrected chi connectivity index (χ0v) is 5.05. The molecule has 0 spiro atoms. The molecule has 4 heteroatoms. The summed E-state index contributed by atoms with van der Waals surface area (Å²) in [6, 6.07) is 0. The van der Waals surface area contributed by atoms with E-state index in [4.69, 9.17) is 11.6 Å². The van der Waals surface area contributed by atoms with Gasteiger partial charge in [-0.3, -0.25) is 0 Å². The van der Waals surface area contributed by atoms with E-state index in [0.717, 1.165) is 5.69 Å². The number of hydrogen-bond donors (Lipinski definition) is 0. The topological polar surface area (TPSA) is 30.7 Å². The molecular weight excluding hydrogens is 126 g/mol. The third-order valence-corrected chi connectivity index (χ3v) is 1.76. The highest BCUT2D eigenvalue weighted by molar-refractivity contribution is 6.24. The summed E-state index contributed by atoms with van der Waals surface area (Å²) >= 11 is 5.84. The molecule has 2 bridgehead atoms. The number of fused-ring (bicyclic) bond motifs is 1. The van der Waals surface area contributed by atoms with Gasteiger partial charge in [-0.1, -0.05) is 16.8 Å². The van der Waals surface area contributed by atoms with E-state index in [1.54, 1.807) is 4.68 Å². The molecular formula is C4H4ClN3. The first kappa shape index (κ1) is 4.32. The van der Waals surface area contributed by atoms with E-state index >= 15 is 0 Å². The Bertz CT molecular complexity index is 199. The van der Waals surface area contributed by atoms with Crippen molar-refractivity contribution in [1.82, 2.24) is 15.0 Å². The maximum Gasteiger partial charge on any atom is 0.179 e. The molecule has 1 aromatic rings. The van der Waals surface area contributed by atoms with Gasteiger partial charge in [0.05, 0.1) is 6.20 Å². The number of aromatic nitrogens is 3. The molecule has 8 heavy (non-hydrogen) atoms. The van der Waals surface area contributed by atoms with Gasteiger partial charge < -0.3 is 0 Å². The van der Waals surface area contributed by atoms with E-state index in [1.165, 1.54) is 0 Å². The Hall–Kier alpha value is -0.570.